The molecule has 27 heavy (non-hydrogen) atoms. The summed E-state index contributed by atoms with van der Waals surface area (Å²) in [6.07, 6.45) is 5.89. The fourth-order valence-corrected chi connectivity index (χ4v) is 3.91. The van der Waals surface area contributed by atoms with Crippen LogP contribution in [0, 0.1) is 11.7 Å². The predicted octanol–water partition coefficient (Wildman–Crippen LogP) is 3.33. The molecule has 1 aromatic rings. The fraction of sp³-hybridized carbons (Fsp3) is 0.579. The van der Waals surface area contributed by atoms with Crippen molar-refractivity contribution in [3.63, 3.8) is 0 Å². The lowest BCUT2D eigenvalue weighted by Gasteiger charge is -2.30. The minimum absolute atomic E-state index is 0. The highest BCUT2D eigenvalue weighted by atomic mass is 35.5. The molecule has 152 valence electrons. The average Bonchev–Trinajstić information content (AvgIpc) is 2.66. The number of rotatable bonds is 8. The number of amides is 2. The molecule has 8 heteroatoms. The van der Waals surface area contributed by atoms with Gasteiger partial charge in [0.15, 0.2) is 0 Å². The van der Waals surface area contributed by atoms with Crippen molar-refractivity contribution in [2.24, 2.45) is 11.7 Å². The number of carbonyl (C=O) groups is 2. The summed E-state index contributed by atoms with van der Waals surface area (Å²) < 4.78 is 12.9. The number of hydrogen-bond acceptors (Lipinski definition) is 4. The van der Waals surface area contributed by atoms with Gasteiger partial charge in [-0.15, -0.1) is 24.2 Å². The number of thioether (sulfide) groups is 1. The number of nitrogens with two attached hydrogens (primary N) is 1. The standard InChI is InChI=1S/C19H28FN3O2S.ClH/c1-13(19(25)23-17(11-21)14-5-3-2-4-6-14)26-12-18(24)22-16-9-7-15(20)8-10-16;/h7-10,13-14,17H,2-6,11-12,21H2,1H3,(H,22,24)(H,23,25);1H. The molecule has 0 spiro atoms. The van der Waals surface area contributed by atoms with E-state index < -0.39 is 0 Å². The Balaban J connectivity index is 0.00000364. The van der Waals surface area contributed by atoms with Crippen molar-refractivity contribution in [1.82, 2.24) is 5.32 Å². The van der Waals surface area contributed by atoms with Crippen LogP contribution in [-0.2, 0) is 9.59 Å². The summed E-state index contributed by atoms with van der Waals surface area (Å²) in [4.78, 5) is 24.4. The van der Waals surface area contributed by atoms with Crippen molar-refractivity contribution >= 4 is 41.7 Å². The first-order chi connectivity index (χ1) is 12.5. The summed E-state index contributed by atoms with van der Waals surface area (Å²) in [7, 11) is 0. The first-order valence-corrected chi connectivity index (χ1v) is 10.2. The van der Waals surface area contributed by atoms with Crippen LogP contribution in [0.1, 0.15) is 39.0 Å². The van der Waals surface area contributed by atoms with E-state index in [4.69, 9.17) is 5.73 Å². The van der Waals surface area contributed by atoms with Gasteiger partial charge in [0.2, 0.25) is 11.8 Å². The molecule has 1 aromatic carbocycles. The van der Waals surface area contributed by atoms with Crippen molar-refractivity contribution in [3.05, 3.63) is 30.1 Å². The molecule has 2 atom stereocenters. The van der Waals surface area contributed by atoms with Crippen LogP contribution in [0.4, 0.5) is 10.1 Å². The summed E-state index contributed by atoms with van der Waals surface area (Å²) >= 11 is 1.28. The molecule has 0 aromatic heterocycles. The molecule has 1 saturated carbocycles. The topological polar surface area (TPSA) is 84.2 Å². The van der Waals surface area contributed by atoms with Crippen LogP contribution in [0.3, 0.4) is 0 Å². The van der Waals surface area contributed by atoms with E-state index in [1.165, 1.54) is 55.3 Å². The van der Waals surface area contributed by atoms with Crippen LogP contribution in [0.2, 0.25) is 0 Å². The Morgan fingerprint density at radius 1 is 1.22 bits per heavy atom. The molecule has 1 fully saturated rings. The minimum atomic E-state index is -0.352. The molecular formula is C19H29ClFN3O2S. The lowest BCUT2D eigenvalue weighted by Crippen LogP contribution is -2.48. The zero-order valence-electron chi connectivity index (χ0n) is 15.6. The maximum absolute atomic E-state index is 12.9. The summed E-state index contributed by atoms with van der Waals surface area (Å²) in [5.41, 5.74) is 6.40. The quantitative estimate of drug-likeness (QED) is 0.605. The minimum Gasteiger partial charge on any atom is -0.351 e. The lowest BCUT2D eigenvalue weighted by atomic mass is 9.84. The second kappa shape index (κ2) is 12.2. The third-order valence-electron chi connectivity index (χ3n) is 4.76. The zero-order chi connectivity index (χ0) is 18.9. The summed E-state index contributed by atoms with van der Waals surface area (Å²) in [6.45, 7) is 2.23. The molecule has 5 nitrogen and oxygen atoms in total. The first-order valence-electron chi connectivity index (χ1n) is 9.17. The van der Waals surface area contributed by atoms with Crippen LogP contribution < -0.4 is 16.4 Å². The van der Waals surface area contributed by atoms with Gasteiger partial charge in [-0.1, -0.05) is 19.3 Å². The normalized spacial score (nSPS) is 16.7. The number of benzene rings is 1. The molecule has 0 bridgehead atoms. The number of carbonyl (C=O) groups excluding carboxylic acids is 2. The summed E-state index contributed by atoms with van der Waals surface area (Å²) in [6, 6.07) is 5.60. The highest BCUT2D eigenvalue weighted by molar-refractivity contribution is 8.01. The smallest absolute Gasteiger partial charge is 0.234 e. The molecule has 4 N–H and O–H groups in total. The van der Waals surface area contributed by atoms with Crippen LogP contribution in [0.15, 0.2) is 24.3 Å². The van der Waals surface area contributed by atoms with Crippen molar-refractivity contribution < 1.29 is 14.0 Å². The van der Waals surface area contributed by atoms with E-state index >= 15 is 0 Å². The Morgan fingerprint density at radius 2 is 1.85 bits per heavy atom. The molecule has 1 aliphatic carbocycles. The van der Waals surface area contributed by atoms with Gasteiger partial charge in [0.25, 0.3) is 0 Å². The molecule has 2 unspecified atom stereocenters. The Morgan fingerprint density at radius 3 is 2.44 bits per heavy atom. The number of hydrogen-bond donors (Lipinski definition) is 3. The Bertz CT molecular complexity index is 597. The average molecular weight is 418 g/mol. The van der Waals surface area contributed by atoms with E-state index in [9.17, 15) is 14.0 Å². The molecule has 0 heterocycles. The number of nitrogens with one attached hydrogen (secondary N) is 2. The summed E-state index contributed by atoms with van der Waals surface area (Å²) in [5, 5.41) is 5.41. The van der Waals surface area contributed by atoms with Crippen LogP contribution in [0.5, 0.6) is 0 Å². The largest absolute Gasteiger partial charge is 0.351 e. The maximum Gasteiger partial charge on any atom is 0.234 e. The third-order valence-corrected chi connectivity index (χ3v) is 5.91. The molecule has 0 aliphatic heterocycles. The van der Waals surface area contributed by atoms with E-state index in [0.717, 1.165) is 12.8 Å². The maximum atomic E-state index is 12.9. The predicted molar refractivity (Wildman–Crippen MR) is 112 cm³/mol. The van der Waals surface area contributed by atoms with E-state index in [2.05, 4.69) is 10.6 Å². The van der Waals surface area contributed by atoms with Crippen molar-refractivity contribution in [3.8, 4) is 0 Å². The Labute approximate surface area is 170 Å². The van der Waals surface area contributed by atoms with Gasteiger partial charge in [-0.2, -0.15) is 0 Å². The van der Waals surface area contributed by atoms with Gasteiger partial charge in [-0.3, -0.25) is 9.59 Å². The van der Waals surface area contributed by atoms with Gasteiger partial charge in [0.05, 0.1) is 11.0 Å². The van der Waals surface area contributed by atoms with Gasteiger partial charge in [-0.25, -0.2) is 4.39 Å². The zero-order valence-corrected chi connectivity index (χ0v) is 17.2. The molecule has 0 radical (unpaired) electrons. The van der Waals surface area contributed by atoms with Gasteiger partial charge in [-0.05, 0) is 49.9 Å². The SMILES string of the molecule is CC(SCC(=O)Nc1ccc(F)cc1)C(=O)NC(CN)C1CCCCC1.Cl. The second-order valence-electron chi connectivity index (χ2n) is 6.76. The van der Waals surface area contributed by atoms with Gasteiger partial charge >= 0.3 is 0 Å². The number of anilines is 1. The van der Waals surface area contributed by atoms with Crippen molar-refractivity contribution in [1.29, 1.82) is 0 Å². The van der Waals surface area contributed by atoms with E-state index in [1.54, 1.807) is 6.92 Å². The van der Waals surface area contributed by atoms with Gasteiger partial charge in [0.1, 0.15) is 5.82 Å². The van der Waals surface area contributed by atoms with Crippen LogP contribution >= 0.6 is 24.2 Å². The second-order valence-corrected chi connectivity index (χ2v) is 8.09. The van der Waals surface area contributed by atoms with E-state index in [1.807, 2.05) is 0 Å². The van der Waals surface area contributed by atoms with E-state index in [0.29, 0.717) is 18.2 Å². The monoisotopic (exact) mass is 417 g/mol. The van der Waals surface area contributed by atoms with Crippen molar-refractivity contribution in [2.75, 3.05) is 17.6 Å². The lowest BCUT2D eigenvalue weighted by molar-refractivity contribution is -0.121. The van der Waals surface area contributed by atoms with Crippen LogP contribution in [-0.4, -0.2) is 35.4 Å². The molecule has 1 aliphatic rings. The summed E-state index contributed by atoms with van der Waals surface area (Å²) in [5.74, 6) is -0.0378. The molecule has 0 saturated heterocycles. The fourth-order valence-electron chi connectivity index (χ4n) is 3.21. The van der Waals surface area contributed by atoms with E-state index in [-0.39, 0.29) is 47.1 Å². The molecular weight excluding hydrogens is 389 g/mol. The highest BCUT2D eigenvalue weighted by Crippen LogP contribution is 2.26. The van der Waals surface area contributed by atoms with Gasteiger partial charge < -0.3 is 16.4 Å². The molecule has 2 rings (SSSR count). The first kappa shape index (κ1) is 23.7. The highest BCUT2D eigenvalue weighted by Gasteiger charge is 2.26. The molecule has 2 amide bonds. The third kappa shape index (κ3) is 8.07. The number of halogens is 2. The Kier molecular flexibility index (Phi) is 10.7. The van der Waals surface area contributed by atoms with Crippen molar-refractivity contribution in [2.45, 2.75) is 50.3 Å². The Hall–Kier alpha value is -1.31. The van der Waals surface area contributed by atoms with Gasteiger partial charge in [0, 0.05) is 18.3 Å². The van der Waals surface area contributed by atoms with Crippen LogP contribution in [0.25, 0.3) is 0 Å².